The number of rotatable bonds is 4. The minimum atomic E-state index is -0.909. The lowest BCUT2D eigenvalue weighted by atomic mass is 10.2. The van der Waals surface area contributed by atoms with Crippen molar-refractivity contribution in [1.29, 1.82) is 0 Å². The quantitative estimate of drug-likeness (QED) is 0.829. The van der Waals surface area contributed by atoms with Crippen molar-refractivity contribution in [2.45, 2.75) is 6.54 Å². The monoisotopic (exact) mass is 253 g/mol. The molecule has 0 spiro atoms. The number of thiophene rings is 1. The Kier molecular flexibility index (Phi) is 4.30. The van der Waals surface area contributed by atoms with Crippen molar-refractivity contribution in [3.63, 3.8) is 0 Å². The number of morpholine rings is 1. The highest BCUT2D eigenvalue weighted by molar-refractivity contribution is 7.10. The first-order valence-electron chi connectivity index (χ1n) is 5.53. The van der Waals surface area contributed by atoms with E-state index in [1.54, 1.807) is 17.4 Å². The number of aliphatic carboxylic acids is 1. The van der Waals surface area contributed by atoms with Crippen molar-refractivity contribution in [2.24, 2.45) is 0 Å². The van der Waals surface area contributed by atoms with Crippen LogP contribution in [0.3, 0.4) is 0 Å². The topological polar surface area (TPSA) is 49.8 Å². The Hall–Kier alpha value is -1.17. The van der Waals surface area contributed by atoms with Crippen LogP contribution in [0.15, 0.2) is 17.5 Å². The summed E-state index contributed by atoms with van der Waals surface area (Å²) in [6.45, 7) is 4.33. The summed E-state index contributed by atoms with van der Waals surface area (Å²) in [4.78, 5) is 14.0. The van der Waals surface area contributed by atoms with Gasteiger partial charge in [0.25, 0.3) is 0 Å². The minimum Gasteiger partial charge on any atom is -0.478 e. The van der Waals surface area contributed by atoms with Gasteiger partial charge in [0, 0.05) is 30.6 Å². The van der Waals surface area contributed by atoms with E-state index in [1.165, 1.54) is 11.0 Å². The number of carboxylic acids is 1. The standard InChI is InChI=1S/C12H15NO3S/c14-12(15)2-1-10-3-8-17-11(10)9-13-4-6-16-7-5-13/h1-3,8H,4-7,9H2,(H,14,15). The van der Waals surface area contributed by atoms with E-state index in [0.29, 0.717) is 0 Å². The van der Waals surface area contributed by atoms with Gasteiger partial charge in [0.15, 0.2) is 0 Å². The molecule has 0 amide bonds. The molecule has 0 atom stereocenters. The van der Waals surface area contributed by atoms with Crippen LogP contribution in [0.2, 0.25) is 0 Å². The normalized spacial score (nSPS) is 17.6. The van der Waals surface area contributed by atoms with Gasteiger partial charge in [0.2, 0.25) is 0 Å². The third kappa shape index (κ3) is 3.66. The molecule has 4 nitrogen and oxygen atoms in total. The largest absolute Gasteiger partial charge is 0.478 e. The molecule has 1 fully saturated rings. The Bertz CT molecular complexity index is 408. The fourth-order valence-electron chi connectivity index (χ4n) is 1.75. The summed E-state index contributed by atoms with van der Waals surface area (Å²) in [6, 6.07) is 1.96. The van der Waals surface area contributed by atoms with Crippen LogP contribution in [0.4, 0.5) is 0 Å². The van der Waals surface area contributed by atoms with Gasteiger partial charge in [0.05, 0.1) is 13.2 Å². The van der Waals surface area contributed by atoms with Crippen LogP contribution in [0.25, 0.3) is 6.08 Å². The number of ether oxygens (including phenoxy) is 1. The second-order valence-corrected chi connectivity index (χ2v) is 4.86. The van der Waals surface area contributed by atoms with Gasteiger partial charge in [0.1, 0.15) is 0 Å². The van der Waals surface area contributed by atoms with E-state index in [1.807, 2.05) is 11.4 Å². The molecule has 1 aliphatic heterocycles. The number of hydrogen-bond acceptors (Lipinski definition) is 4. The molecule has 2 heterocycles. The number of hydrogen-bond donors (Lipinski definition) is 1. The zero-order valence-electron chi connectivity index (χ0n) is 9.46. The number of carbonyl (C=O) groups is 1. The molecule has 1 saturated heterocycles. The number of carboxylic acid groups (broad SMARTS) is 1. The molecule has 0 unspecified atom stereocenters. The van der Waals surface area contributed by atoms with Crippen LogP contribution in [0, 0.1) is 0 Å². The molecule has 1 aliphatic rings. The maximum Gasteiger partial charge on any atom is 0.328 e. The molecule has 0 aromatic carbocycles. The Morgan fingerprint density at radius 2 is 2.29 bits per heavy atom. The van der Waals surface area contributed by atoms with Gasteiger partial charge in [-0.15, -0.1) is 11.3 Å². The lowest BCUT2D eigenvalue weighted by Gasteiger charge is -2.26. The van der Waals surface area contributed by atoms with Gasteiger partial charge in [-0.2, -0.15) is 0 Å². The summed E-state index contributed by atoms with van der Waals surface area (Å²) in [7, 11) is 0. The second kappa shape index (κ2) is 5.95. The van der Waals surface area contributed by atoms with Crippen molar-refractivity contribution in [3.8, 4) is 0 Å². The molecule has 0 saturated carbocycles. The summed E-state index contributed by atoms with van der Waals surface area (Å²) in [5.74, 6) is -0.909. The first-order valence-corrected chi connectivity index (χ1v) is 6.41. The second-order valence-electron chi connectivity index (χ2n) is 3.86. The third-order valence-electron chi connectivity index (χ3n) is 2.66. The van der Waals surface area contributed by atoms with Crippen molar-refractivity contribution in [1.82, 2.24) is 4.90 Å². The van der Waals surface area contributed by atoms with Crippen LogP contribution in [0.1, 0.15) is 10.4 Å². The molecular weight excluding hydrogens is 238 g/mol. The fourth-order valence-corrected chi connectivity index (χ4v) is 2.66. The minimum absolute atomic E-state index is 0.783. The molecule has 0 aliphatic carbocycles. The highest BCUT2D eigenvalue weighted by Crippen LogP contribution is 2.20. The van der Waals surface area contributed by atoms with E-state index in [2.05, 4.69) is 4.90 Å². The van der Waals surface area contributed by atoms with Gasteiger partial charge >= 0.3 is 5.97 Å². The molecule has 1 N–H and O–H groups in total. The lowest BCUT2D eigenvalue weighted by molar-refractivity contribution is -0.131. The van der Waals surface area contributed by atoms with E-state index in [9.17, 15) is 4.79 Å². The summed E-state index contributed by atoms with van der Waals surface area (Å²) >= 11 is 1.67. The van der Waals surface area contributed by atoms with Crippen molar-refractivity contribution in [3.05, 3.63) is 28.0 Å². The van der Waals surface area contributed by atoms with E-state index < -0.39 is 5.97 Å². The zero-order valence-corrected chi connectivity index (χ0v) is 10.3. The number of nitrogens with zero attached hydrogens (tertiary/aromatic N) is 1. The molecule has 2 rings (SSSR count). The van der Waals surface area contributed by atoms with E-state index in [4.69, 9.17) is 9.84 Å². The first-order chi connectivity index (χ1) is 8.25. The summed E-state index contributed by atoms with van der Waals surface area (Å²) in [6.07, 6.45) is 2.85. The van der Waals surface area contributed by atoms with Gasteiger partial charge < -0.3 is 9.84 Å². The molecule has 0 bridgehead atoms. The summed E-state index contributed by atoms with van der Waals surface area (Å²) in [5, 5.41) is 10.6. The van der Waals surface area contributed by atoms with Gasteiger partial charge in [-0.05, 0) is 23.1 Å². The predicted octanol–water partition coefficient (Wildman–Crippen LogP) is 1.68. The van der Waals surface area contributed by atoms with Gasteiger partial charge in [-0.25, -0.2) is 4.79 Å². The molecule has 92 valence electrons. The predicted molar refractivity (Wildman–Crippen MR) is 67.1 cm³/mol. The highest BCUT2D eigenvalue weighted by atomic mass is 32.1. The van der Waals surface area contributed by atoms with E-state index in [0.717, 1.165) is 38.4 Å². The Balaban J connectivity index is 2.00. The Morgan fingerprint density at radius 3 is 3.00 bits per heavy atom. The third-order valence-corrected chi connectivity index (χ3v) is 3.58. The van der Waals surface area contributed by atoms with Crippen LogP contribution in [-0.2, 0) is 16.1 Å². The smallest absolute Gasteiger partial charge is 0.328 e. The van der Waals surface area contributed by atoms with Crippen LogP contribution < -0.4 is 0 Å². The molecule has 1 aromatic heterocycles. The van der Waals surface area contributed by atoms with E-state index >= 15 is 0 Å². The Morgan fingerprint density at radius 1 is 1.53 bits per heavy atom. The van der Waals surface area contributed by atoms with Crippen molar-refractivity contribution >= 4 is 23.4 Å². The highest BCUT2D eigenvalue weighted by Gasteiger charge is 2.12. The van der Waals surface area contributed by atoms with Crippen LogP contribution in [-0.4, -0.2) is 42.3 Å². The van der Waals surface area contributed by atoms with E-state index in [-0.39, 0.29) is 0 Å². The maximum atomic E-state index is 10.5. The molecule has 5 heteroatoms. The summed E-state index contributed by atoms with van der Waals surface area (Å²) in [5.41, 5.74) is 1.00. The van der Waals surface area contributed by atoms with Crippen LogP contribution >= 0.6 is 11.3 Å². The Labute approximate surface area is 104 Å². The molecule has 0 radical (unpaired) electrons. The average molecular weight is 253 g/mol. The van der Waals surface area contributed by atoms with Crippen molar-refractivity contribution in [2.75, 3.05) is 26.3 Å². The SMILES string of the molecule is O=C(O)C=Cc1ccsc1CN1CCOCC1. The molecule has 1 aromatic rings. The average Bonchev–Trinajstić information content (AvgIpc) is 2.75. The zero-order chi connectivity index (χ0) is 12.1. The fraction of sp³-hybridized carbons (Fsp3) is 0.417. The molecular formula is C12H15NO3S. The lowest BCUT2D eigenvalue weighted by Crippen LogP contribution is -2.35. The maximum absolute atomic E-state index is 10.5. The first kappa shape index (κ1) is 12.3. The van der Waals surface area contributed by atoms with Crippen molar-refractivity contribution < 1.29 is 14.6 Å². The molecule has 17 heavy (non-hydrogen) atoms. The van der Waals surface area contributed by atoms with Gasteiger partial charge in [-0.3, -0.25) is 4.90 Å². The van der Waals surface area contributed by atoms with Crippen LogP contribution in [0.5, 0.6) is 0 Å². The summed E-state index contributed by atoms with van der Waals surface area (Å²) < 4.78 is 5.30. The van der Waals surface area contributed by atoms with Gasteiger partial charge in [-0.1, -0.05) is 0 Å².